The summed E-state index contributed by atoms with van der Waals surface area (Å²) in [7, 11) is 0. The van der Waals surface area contributed by atoms with Gasteiger partial charge in [-0.2, -0.15) is 10.4 Å². The zero-order valence-corrected chi connectivity index (χ0v) is 15.1. The highest BCUT2D eigenvalue weighted by molar-refractivity contribution is 6.31. The SMILES string of the molecule is N#CNC(=O)C1(C2(n3ncc(Cl)c3O)C=CC(c3ccccc3)=CC2)CC1. The van der Waals surface area contributed by atoms with E-state index < -0.39 is 11.0 Å². The fourth-order valence-corrected chi connectivity index (χ4v) is 4.08. The fourth-order valence-electron chi connectivity index (χ4n) is 3.95. The molecule has 1 saturated carbocycles. The molecule has 1 aromatic carbocycles. The van der Waals surface area contributed by atoms with E-state index in [0.29, 0.717) is 19.3 Å². The van der Waals surface area contributed by atoms with E-state index >= 15 is 0 Å². The van der Waals surface area contributed by atoms with E-state index in [-0.39, 0.29) is 16.8 Å². The van der Waals surface area contributed by atoms with Crippen LogP contribution in [-0.2, 0) is 10.3 Å². The quantitative estimate of drug-likeness (QED) is 0.628. The number of nitrogens with zero attached hydrogens (tertiary/aromatic N) is 3. The Bertz CT molecular complexity index is 999. The monoisotopic (exact) mass is 380 g/mol. The summed E-state index contributed by atoms with van der Waals surface area (Å²) in [5.74, 6) is -0.550. The van der Waals surface area contributed by atoms with Gasteiger partial charge in [-0.1, -0.05) is 60.2 Å². The number of nitrogens with one attached hydrogen (secondary N) is 1. The summed E-state index contributed by atoms with van der Waals surface area (Å²) in [6, 6.07) is 9.92. The number of carbonyl (C=O) groups is 1. The maximum Gasteiger partial charge on any atom is 0.242 e. The highest BCUT2D eigenvalue weighted by Crippen LogP contribution is 2.62. The zero-order chi connectivity index (χ0) is 19.1. The number of aromatic hydroxyl groups is 1. The van der Waals surface area contributed by atoms with E-state index in [9.17, 15) is 9.90 Å². The molecular weight excluding hydrogens is 364 g/mol. The second-order valence-corrected chi connectivity index (χ2v) is 7.27. The first-order valence-electron chi connectivity index (χ1n) is 8.61. The second kappa shape index (κ2) is 6.29. The Hall–Kier alpha value is -3.04. The number of halogens is 1. The maximum absolute atomic E-state index is 12.7. The molecule has 0 saturated heterocycles. The minimum absolute atomic E-state index is 0.122. The Morgan fingerprint density at radius 2 is 2.07 bits per heavy atom. The summed E-state index contributed by atoms with van der Waals surface area (Å²) >= 11 is 6.02. The molecule has 2 aliphatic rings. The molecule has 1 heterocycles. The van der Waals surface area contributed by atoms with E-state index in [1.54, 1.807) is 6.19 Å². The van der Waals surface area contributed by atoms with E-state index in [2.05, 4.69) is 10.4 Å². The molecule has 1 unspecified atom stereocenters. The van der Waals surface area contributed by atoms with Crippen LogP contribution >= 0.6 is 11.6 Å². The lowest BCUT2D eigenvalue weighted by atomic mass is 9.73. The molecule has 4 rings (SSSR count). The number of nitriles is 1. The van der Waals surface area contributed by atoms with Crippen LogP contribution in [0, 0.1) is 16.9 Å². The van der Waals surface area contributed by atoms with Gasteiger partial charge < -0.3 is 5.11 Å². The van der Waals surface area contributed by atoms with Crippen LogP contribution in [0.3, 0.4) is 0 Å². The lowest BCUT2D eigenvalue weighted by Crippen LogP contribution is -2.49. The summed E-state index contributed by atoms with van der Waals surface area (Å²) in [4.78, 5) is 12.7. The average Bonchev–Trinajstić information content (AvgIpc) is 3.45. The van der Waals surface area contributed by atoms with Crippen molar-refractivity contribution in [3.8, 4) is 12.1 Å². The van der Waals surface area contributed by atoms with Crippen LogP contribution in [0.4, 0.5) is 0 Å². The predicted octanol–water partition coefficient (Wildman–Crippen LogP) is 3.36. The first-order chi connectivity index (χ1) is 13.0. The summed E-state index contributed by atoms with van der Waals surface area (Å²) in [6.07, 6.45) is 10.6. The van der Waals surface area contributed by atoms with E-state index in [1.807, 2.05) is 48.6 Å². The number of aromatic nitrogens is 2. The van der Waals surface area contributed by atoms with Crippen molar-refractivity contribution in [2.45, 2.75) is 24.8 Å². The minimum Gasteiger partial charge on any atom is -0.492 e. The summed E-state index contributed by atoms with van der Waals surface area (Å²) in [5, 5.41) is 26.0. The molecule has 2 aromatic rings. The van der Waals surface area contributed by atoms with Crippen LogP contribution in [0.5, 0.6) is 5.88 Å². The lowest BCUT2D eigenvalue weighted by molar-refractivity contribution is -0.128. The van der Waals surface area contributed by atoms with Gasteiger partial charge in [-0.25, -0.2) is 4.68 Å². The summed E-state index contributed by atoms with van der Waals surface area (Å²) < 4.78 is 1.41. The first-order valence-corrected chi connectivity index (χ1v) is 8.99. The van der Waals surface area contributed by atoms with Crippen molar-refractivity contribution in [3.63, 3.8) is 0 Å². The van der Waals surface area contributed by atoms with E-state index in [0.717, 1.165) is 11.1 Å². The smallest absolute Gasteiger partial charge is 0.242 e. The van der Waals surface area contributed by atoms with Crippen LogP contribution in [0.1, 0.15) is 24.8 Å². The van der Waals surface area contributed by atoms with Gasteiger partial charge in [0.2, 0.25) is 11.8 Å². The Morgan fingerprint density at radius 1 is 1.33 bits per heavy atom. The predicted molar refractivity (Wildman–Crippen MR) is 100 cm³/mol. The van der Waals surface area contributed by atoms with Gasteiger partial charge in [0.05, 0.1) is 11.6 Å². The van der Waals surface area contributed by atoms with Gasteiger partial charge in [-0.15, -0.1) is 0 Å². The minimum atomic E-state index is -0.927. The highest BCUT2D eigenvalue weighted by Gasteiger charge is 2.65. The molecule has 27 heavy (non-hydrogen) atoms. The molecule has 1 fully saturated rings. The number of benzene rings is 1. The number of carbonyl (C=O) groups excluding carboxylic acids is 1. The fraction of sp³-hybridized carbons (Fsp3) is 0.250. The lowest BCUT2D eigenvalue weighted by Gasteiger charge is -2.39. The molecule has 0 spiro atoms. The molecule has 1 aromatic heterocycles. The molecule has 7 heteroatoms. The molecule has 136 valence electrons. The van der Waals surface area contributed by atoms with Crippen LogP contribution in [0.2, 0.25) is 5.02 Å². The van der Waals surface area contributed by atoms with Gasteiger partial charge in [0.1, 0.15) is 10.6 Å². The van der Waals surface area contributed by atoms with E-state index in [4.69, 9.17) is 16.9 Å². The van der Waals surface area contributed by atoms with Gasteiger partial charge in [-0.05, 0) is 30.4 Å². The van der Waals surface area contributed by atoms with Crippen molar-refractivity contribution in [2.24, 2.45) is 5.41 Å². The van der Waals surface area contributed by atoms with Crippen molar-refractivity contribution in [1.29, 1.82) is 5.26 Å². The highest BCUT2D eigenvalue weighted by atomic mass is 35.5. The molecule has 6 nitrogen and oxygen atoms in total. The van der Waals surface area contributed by atoms with E-state index in [1.165, 1.54) is 10.9 Å². The molecule has 0 radical (unpaired) electrons. The summed E-state index contributed by atoms with van der Waals surface area (Å²) in [6.45, 7) is 0. The molecule has 0 bridgehead atoms. The Labute approximate surface area is 161 Å². The normalized spacial score (nSPS) is 22.6. The maximum atomic E-state index is 12.7. The third-order valence-electron chi connectivity index (χ3n) is 5.54. The summed E-state index contributed by atoms with van der Waals surface area (Å²) in [5.41, 5.74) is 0.311. The molecular formula is C20H17ClN4O2. The van der Waals surface area contributed by atoms with Gasteiger partial charge in [0.15, 0.2) is 6.19 Å². The first kappa shape index (κ1) is 17.4. The Balaban J connectivity index is 1.80. The zero-order valence-electron chi connectivity index (χ0n) is 14.4. The van der Waals surface area contributed by atoms with Crippen LogP contribution in [-0.4, -0.2) is 20.8 Å². The van der Waals surface area contributed by atoms with Crippen LogP contribution in [0.15, 0.2) is 54.8 Å². The standard InChI is InChI=1S/C20H17ClN4O2/c21-16-12-24-25(17(16)26)20(19(10-11-19)18(27)23-13-22)8-6-15(7-9-20)14-4-2-1-3-5-14/h1-8,12,26H,9-11H2,(H,23,27). The average molecular weight is 381 g/mol. The third kappa shape index (κ3) is 2.54. The van der Waals surface area contributed by atoms with Gasteiger partial charge in [-0.3, -0.25) is 10.1 Å². The number of hydrogen-bond donors (Lipinski definition) is 2. The van der Waals surface area contributed by atoms with Crippen LogP contribution < -0.4 is 5.32 Å². The van der Waals surface area contributed by atoms with Gasteiger partial charge >= 0.3 is 0 Å². The third-order valence-corrected chi connectivity index (χ3v) is 5.81. The molecule has 1 atom stereocenters. The van der Waals surface area contributed by atoms with Gasteiger partial charge in [0, 0.05) is 0 Å². The molecule has 2 aliphatic carbocycles. The Morgan fingerprint density at radius 3 is 2.59 bits per heavy atom. The van der Waals surface area contributed by atoms with Crippen molar-refractivity contribution in [1.82, 2.24) is 15.1 Å². The molecule has 1 amide bonds. The number of allylic oxidation sites excluding steroid dienone is 4. The van der Waals surface area contributed by atoms with Crippen molar-refractivity contribution in [3.05, 3.63) is 65.3 Å². The second-order valence-electron chi connectivity index (χ2n) is 6.86. The number of hydrogen-bond acceptors (Lipinski definition) is 4. The largest absolute Gasteiger partial charge is 0.492 e. The number of amides is 1. The molecule has 2 N–H and O–H groups in total. The van der Waals surface area contributed by atoms with Crippen molar-refractivity contribution in [2.75, 3.05) is 0 Å². The molecule has 0 aliphatic heterocycles. The topological polar surface area (TPSA) is 90.9 Å². The van der Waals surface area contributed by atoms with Crippen molar-refractivity contribution < 1.29 is 9.90 Å². The van der Waals surface area contributed by atoms with Crippen LogP contribution in [0.25, 0.3) is 5.57 Å². The Kier molecular flexibility index (Phi) is 4.05. The number of rotatable bonds is 4. The van der Waals surface area contributed by atoms with Crippen molar-refractivity contribution >= 4 is 23.1 Å². The van der Waals surface area contributed by atoms with Gasteiger partial charge in [0.25, 0.3) is 0 Å².